The first-order valence-electron chi connectivity index (χ1n) is 3.52. The highest BCUT2D eigenvalue weighted by Crippen LogP contribution is 2.30. The average molecular weight is 143 g/mol. The SMILES string of the molecule is CN(C)C1CCC1C(=O)O. The molecule has 0 aromatic rings. The Labute approximate surface area is 60.6 Å². The van der Waals surface area contributed by atoms with E-state index >= 15 is 0 Å². The van der Waals surface area contributed by atoms with Crippen LogP contribution in [0.3, 0.4) is 0 Å². The fourth-order valence-corrected chi connectivity index (χ4v) is 1.39. The smallest absolute Gasteiger partial charge is 0.308 e. The summed E-state index contributed by atoms with van der Waals surface area (Å²) in [5.74, 6) is -0.764. The van der Waals surface area contributed by atoms with Crippen LogP contribution in [0.25, 0.3) is 0 Å². The summed E-state index contributed by atoms with van der Waals surface area (Å²) < 4.78 is 0. The normalized spacial score (nSPS) is 31.9. The average Bonchev–Trinajstić information content (AvgIpc) is 1.56. The molecule has 0 saturated heterocycles. The van der Waals surface area contributed by atoms with Gasteiger partial charge in [0.05, 0.1) is 5.92 Å². The van der Waals surface area contributed by atoms with Gasteiger partial charge < -0.3 is 10.0 Å². The second kappa shape index (κ2) is 2.58. The van der Waals surface area contributed by atoms with Gasteiger partial charge in [-0.1, -0.05) is 0 Å². The molecule has 0 amide bonds. The van der Waals surface area contributed by atoms with Crippen molar-refractivity contribution in [3.63, 3.8) is 0 Å². The quantitative estimate of drug-likeness (QED) is 0.608. The van der Waals surface area contributed by atoms with Crippen LogP contribution in [0.2, 0.25) is 0 Å². The molecule has 0 aliphatic heterocycles. The summed E-state index contributed by atoms with van der Waals surface area (Å²) >= 11 is 0. The van der Waals surface area contributed by atoms with Gasteiger partial charge in [0.15, 0.2) is 0 Å². The molecule has 0 heterocycles. The van der Waals surface area contributed by atoms with Gasteiger partial charge in [-0.05, 0) is 26.9 Å². The van der Waals surface area contributed by atoms with Gasteiger partial charge in [-0.25, -0.2) is 0 Å². The minimum Gasteiger partial charge on any atom is -0.481 e. The predicted octanol–water partition coefficient (Wildman–Crippen LogP) is 0.411. The molecule has 1 aliphatic carbocycles. The van der Waals surface area contributed by atoms with E-state index in [0.29, 0.717) is 0 Å². The number of carbonyl (C=O) groups is 1. The highest BCUT2D eigenvalue weighted by molar-refractivity contribution is 5.72. The Morgan fingerprint density at radius 3 is 2.20 bits per heavy atom. The Morgan fingerprint density at radius 2 is 2.10 bits per heavy atom. The maximum Gasteiger partial charge on any atom is 0.308 e. The van der Waals surface area contributed by atoms with E-state index in [0.717, 1.165) is 12.8 Å². The first-order chi connectivity index (χ1) is 4.63. The molecule has 0 aromatic carbocycles. The van der Waals surface area contributed by atoms with E-state index in [-0.39, 0.29) is 12.0 Å². The van der Waals surface area contributed by atoms with Crippen LogP contribution in [0.15, 0.2) is 0 Å². The summed E-state index contributed by atoms with van der Waals surface area (Å²) in [5.41, 5.74) is 0. The van der Waals surface area contributed by atoms with Crippen LogP contribution in [0.4, 0.5) is 0 Å². The lowest BCUT2D eigenvalue weighted by Gasteiger charge is -2.38. The number of hydrogen-bond acceptors (Lipinski definition) is 2. The van der Waals surface area contributed by atoms with Gasteiger partial charge in [0.1, 0.15) is 0 Å². The first kappa shape index (κ1) is 7.54. The number of carboxylic acids is 1. The lowest BCUT2D eigenvalue weighted by atomic mass is 9.79. The van der Waals surface area contributed by atoms with Crippen molar-refractivity contribution in [1.29, 1.82) is 0 Å². The molecule has 1 rings (SSSR count). The zero-order valence-corrected chi connectivity index (χ0v) is 6.37. The molecular formula is C7H13NO2. The fraction of sp³-hybridized carbons (Fsp3) is 0.857. The molecule has 3 heteroatoms. The third kappa shape index (κ3) is 1.14. The van der Waals surface area contributed by atoms with Crippen LogP contribution in [0.5, 0.6) is 0 Å². The third-order valence-electron chi connectivity index (χ3n) is 2.22. The minimum atomic E-state index is -0.648. The molecular weight excluding hydrogens is 130 g/mol. The molecule has 2 atom stereocenters. The zero-order chi connectivity index (χ0) is 7.72. The topological polar surface area (TPSA) is 40.5 Å². The Bertz CT molecular complexity index is 145. The van der Waals surface area contributed by atoms with Gasteiger partial charge in [-0.3, -0.25) is 4.79 Å². The van der Waals surface area contributed by atoms with Gasteiger partial charge in [0.2, 0.25) is 0 Å². The maximum atomic E-state index is 10.5. The van der Waals surface area contributed by atoms with Crippen molar-refractivity contribution >= 4 is 5.97 Å². The van der Waals surface area contributed by atoms with E-state index < -0.39 is 5.97 Å². The number of nitrogens with zero attached hydrogens (tertiary/aromatic N) is 1. The third-order valence-corrected chi connectivity index (χ3v) is 2.22. The standard InChI is InChI=1S/C7H13NO2/c1-8(2)6-4-3-5(6)7(9)10/h5-6H,3-4H2,1-2H3,(H,9,10). The van der Waals surface area contributed by atoms with Crippen molar-refractivity contribution in [1.82, 2.24) is 4.90 Å². The highest BCUT2D eigenvalue weighted by Gasteiger charge is 2.37. The van der Waals surface area contributed by atoms with Crippen LogP contribution in [-0.4, -0.2) is 36.1 Å². The molecule has 1 N–H and O–H groups in total. The van der Waals surface area contributed by atoms with Crippen molar-refractivity contribution in [3.8, 4) is 0 Å². The molecule has 1 saturated carbocycles. The van der Waals surface area contributed by atoms with Crippen LogP contribution >= 0.6 is 0 Å². The molecule has 1 aliphatic rings. The van der Waals surface area contributed by atoms with Gasteiger partial charge in [0, 0.05) is 6.04 Å². The van der Waals surface area contributed by atoms with Crippen LogP contribution in [-0.2, 0) is 4.79 Å². The van der Waals surface area contributed by atoms with E-state index in [1.54, 1.807) is 0 Å². The summed E-state index contributed by atoms with van der Waals surface area (Å²) in [6, 6.07) is 0.275. The van der Waals surface area contributed by atoms with Crippen molar-refractivity contribution in [2.45, 2.75) is 18.9 Å². The zero-order valence-electron chi connectivity index (χ0n) is 6.37. The molecule has 3 nitrogen and oxygen atoms in total. The Balaban J connectivity index is 2.43. The van der Waals surface area contributed by atoms with Gasteiger partial charge in [0.25, 0.3) is 0 Å². The first-order valence-corrected chi connectivity index (χ1v) is 3.52. The van der Waals surface area contributed by atoms with Crippen molar-refractivity contribution < 1.29 is 9.90 Å². The fourth-order valence-electron chi connectivity index (χ4n) is 1.39. The lowest BCUT2D eigenvalue weighted by Crippen LogP contribution is -2.46. The molecule has 2 unspecified atom stereocenters. The molecule has 0 spiro atoms. The van der Waals surface area contributed by atoms with Crippen LogP contribution < -0.4 is 0 Å². The maximum absolute atomic E-state index is 10.5. The van der Waals surface area contributed by atoms with Crippen LogP contribution in [0, 0.1) is 5.92 Å². The van der Waals surface area contributed by atoms with E-state index in [2.05, 4.69) is 0 Å². The van der Waals surface area contributed by atoms with Gasteiger partial charge >= 0.3 is 5.97 Å². The van der Waals surface area contributed by atoms with E-state index in [1.165, 1.54) is 0 Å². The Morgan fingerprint density at radius 1 is 1.50 bits per heavy atom. The number of rotatable bonds is 2. The highest BCUT2D eigenvalue weighted by atomic mass is 16.4. The number of aliphatic carboxylic acids is 1. The van der Waals surface area contributed by atoms with Crippen molar-refractivity contribution in [3.05, 3.63) is 0 Å². The van der Waals surface area contributed by atoms with Crippen molar-refractivity contribution in [2.75, 3.05) is 14.1 Å². The Hall–Kier alpha value is -0.570. The van der Waals surface area contributed by atoms with Gasteiger partial charge in [-0.15, -0.1) is 0 Å². The summed E-state index contributed by atoms with van der Waals surface area (Å²) in [7, 11) is 3.86. The second-order valence-electron chi connectivity index (χ2n) is 3.05. The molecule has 1 fully saturated rings. The minimum absolute atomic E-state index is 0.116. The Kier molecular flexibility index (Phi) is 1.94. The molecule has 0 radical (unpaired) electrons. The van der Waals surface area contributed by atoms with Crippen molar-refractivity contribution in [2.24, 2.45) is 5.92 Å². The predicted molar refractivity (Wildman–Crippen MR) is 37.8 cm³/mol. The largest absolute Gasteiger partial charge is 0.481 e. The molecule has 0 aromatic heterocycles. The summed E-state index contributed by atoms with van der Waals surface area (Å²) in [5, 5.41) is 8.63. The second-order valence-corrected chi connectivity index (χ2v) is 3.05. The summed E-state index contributed by atoms with van der Waals surface area (Å²) in [6.07, 6.45) is 1.88. The van der Waals surface area contributed by atoms with E-state index in [4.69, 9.17) is 5.11 Å². The summed E-state index contributed by atoms with van der Waals surface area (Å²) in [4.78, 5) is 12.5. The van der Waals surface area contributed by atoms with Gasteiger partial charge in [-0.2, -0.15) is 0 Å². The van der Waals surface area contributed by atoms with Crippen LogP contribution in [0.1, 0.15) is 12.8 Å². The molecule has 0 bridgehead atoms. The molecule has 10 heavy (non-hydrogen) atoms. The van der Waals surface area contributed by atoms with E-state index in [1.807, 2.05) is 19.0 Å². The summed E-state index contributed by atoms with van der Waals surface area (Å²) in [6.45, 7) is 0. The number of hydrogen-bond donors (Lipinski definition) is 1. The lowest BCUT2D eigenvalue weighted by molar-refractivity contribution is -0.148. The monoisotopic (exact) mass is 143 g/mol. The number of carboxylic acid groups (broad SMARTS) is 1. The van der Waals surface area contributed by atoms with E-state index in [9.17, 15) is 4.79 Å². The molecule has 58 valence electrons.